The van der Waals surface area contributed by atoms with Crippen molar-refractivity contribution in [2.45, 2.75) is 57.8 Å². The number of amides is 1. The summed E-state index contributed by atoms with van der Waals surface area (Å²) in [5.41, 5.74) is 0.640. The molecule has 156 valence electrons. The number of alkyl carbamates (subject to hydrolysis) is 1. The molecule has 9 nitrogen and oxygen atoms in total. The van der Waals surface area contributed by atoms with Crippen LogP contribution in [-0.4, -0.2) is 56.4 Å². The lowest BCUT2D eigenvalue weighted by molar-refractivity contribution is 0.0435. The Labute approximate surface area is 168 Å². The average molecular weight is 401 g/mol. The zero-order valence-electron chi connectivity index (χ0n) is 17.1. The van der Waals surface area contributed by atoms with Gasteiger partial charge in [-0.05, 0) is 39.7 Å². The topological polar surface area (TPSA) is 98.5 Å². The highest BCUT2D eigenvalue weighted by Crippen LogP contribution is 2.24. The summed E-state index contributed by atoms with van der Waals surface area (Å²) in [6, 6.07) is 3.06. The van der Waals surface area contributed by atoms with E-state index in [2.05, 4.69) is 15.2 Å². The van der Waals surface area contributed by atoms with Crippen molar-refractivity contribution in [1.29, 1.82) is 0 Å². The van der Waals surface area contributed by atoms with Crippen LogP contribution in [0.25, 0.3) is 11.2 Å². The van der Waals surface area contributed by atoms with E-state index in [0.29, 0.717) is 24.3 Å². The highest BCUT2D eigenvalue weighted by molar-refractivity contribution is 5.71. The second kappa shape index (κ2) is 7.29. The molecular weight excluding hydrogens is 374 g/mol. The Morgan fingerprint density at radius 1 is 1.21 bits per heavy atom. The Bertz CT molecular complexity index is 1040. The summed E-state index contributed by atoms with van der Waals surface area (Å²) in [6.07, 6.45) is 2.33. The van der Waals surface area contributed by atoms with Crippen molar-refractivity contribution < 1.29 is 9.53 Å². The Balaban J connectivity index is 1.40. The zero-order chi connectivity index (χ0) is 20.8. The predicted octanol–water partition coefficient (Wildman–Crippen LogP) is 1.10. The van der Waals surface area contributed by atoms with Crippen LogP contribution in [0.1, 0.15) is 39.7 Å². The quantitative estimate of drug-likeness (QED) is 0.827. The van der Waals surface area contributed by atoms with Crippen LogP contribution < -0.4 is 16.4 Å². The van der Waals surface area contributed by atoms with Gasteiger partial charge in [0.25, 0.3) is 11.1 Å². The number of carbonyl (C=O) groups excluding carboxylic acids is 1. The van der Waals surface area contributed by atoms with Gasteiger partial charge in [0.1, 0.15) is 17.3 Å². The van der Waals surface area contributed by atoms with Crippen LogP contribution in [0.5, 0.6) is 0 Å². The molecular formula is C20H27N5O4. The number of nitrogens with one attached hydrogen (secondary N) is 1. The van der Waals surface area contributed by atoms with Crippen LogP contribution in [-0.2, 0) is 11.3 Å². The third-order valence-electron chi connectivity index (χ3n) is 5.43. The Morgan fingerprint density at radius 3 is 2.62 bits per heavy atom. The molecule has 0 aliphatic carbocycles. The fourth-order valence-corrected chi connectivity index (χ4v) is 4.16. The fourth-order valence-electron chi connectivity index (χ4n) is 4.16. The summed E-state index contributed by atoms with van der Waals surface area (Å²) >= 11 is 0. The normalized spacial score (nSPS) is 20.2. The molecule has 0 saturated carbocycles. The molecule has 2 aliphatic heterocycles. The standard InChI is InChI=1S/C20H27N5O4/c1-20(2,3)22-19(28)29-14-6-8-23(9-7-14)11-13-12-24-16(26)5-4-15-18(24)25(13)17(27)10-21-15/h4-5,10,13-14H,6-9,11-12H2,1-3H3,(H,22,28). The Hall–Kier alpha value is -2.68. The van der Waals surface area contributed by atoms with Crippen molar-refractivity contribution in [2.75, 3.05) is 19.6 Å². The van der Waals surface area contributed by atoms with Crippen LogP contribution >= 0.6 is 0 Å². The number of likely N-dealkylation sites (tertiary alicyclic amines) is 1. The molecule has 0 bridgehead atoms. The van der Waals surface area contributed by atoms with Crippen molar-refractivity contribution >= 4 is 17.3 Å². The molecule has 9 heteroatoms. The van der Waals surface area contributed by atoms with Gasteiger partial charge in [-0.25, -0.2) is 9.78 Å². The minimum absolute atomic E-state index is 0.104. The van der Waals surface area contributed by atoms with Gasteiger partial charge in [0, 0.05) is 37.8 Å². The third-order valence-corrected chi connectivity index (χ3v) is 5.43. The van der Waals surface area contributed by atoms with E-state index < -0.39 is 0 Å². The molecule has 0 radical (unpaired) electrons. The van der Waals surface area contributed by atoms with E-state index in [-0.39, 0.29) is 34.9 Å². The van der Waals surface area contributed by atoms with Gasteiger partial charge >= 0.3 is 6.09 Å². The molecule has 4 rings (SSSR count). The first-order valence-electron chi connectivity index (χ1n) is 10.0. The van der Waals surface area contributed by atoms with E-state index in [0.717, 1.165) is 25.9 Å². The monoisotopic (exact) mass is 401 g/mol. The molecule has 1 N–H and O–H groups in total. The van der Waals surface area contributed by atoms with Crippen LogP contribution in [0.4, 0.5) is 4.79 Å². The SMILES string of the molecule is CC(C)(C)NC(=O)OC1CCN(CC2Cn3c(=O)ccc4ncc(=O)n2c43)CC1. The van der Waals surface area contributed by atoms with E-state index >= 15 is 0 Å². The van der Waals surface area contributed by atoms with E-state index in [4.69, 9.17) is 4.74 Å². The van der Waals surface area contributed by atoms with Crippen LogP contribution in [0.2, 0.25) is 0 Å². The van der Waals surface area contributed by atoms with Crippen molar-refractivity contribution in [3.63, 3.8) is 0 Å². The minimum Gasteiger partial charge on any atom is -0.446 e. The molecule has 1 unspecified atom stereocenters. The van der Waals surface area contributed by atoms with Gasteiger partial charge in [-0.15, -0.1) is 0 Å². The maximum absolute atomic E-state index is 12.5. The number of ether oxygens (including phenoxy) is 1. The molecule has 29 heavy (non-hydrogen) atoms. The molecule has 2 aromatic rings. The van der Waals surface area contributed by atoms with Crippen molar-refractivity contribution in [1.82, 2.24) is 24.3 Å². The summed E-state index contributed by atoms with van der Waals surface area (Å²) in [5.74, 6) is 0. The van der Waals surface area contributed by atoms with Gasteiger partial charge in [0.2, 0.25) is 0 Å². The molecule has 0 spiro atoms. The molecule has 1 atom stereocenters. The molecule has 1 fully saturated rings. The van der Waals surface area contributed by atoms with Gasteiger partial charge in [-0.2, -0.15) is 0 Å². The summed E-state index contributed by atoms with van der Waals surface area (Å²) in [5, 5.41) is 2.82. The average Bonchev–Trinajstić information content (AvgIpc) is 3.01. The second-order valence-electron chi connectivity index (χ2n) is 8.89. The fraction of sp³-hybridized carbons (Fsp3) is 0.600. The van der Waals surface area contributed by atoms with Gasteiger partial charge in [-0.3, -0.25) is 18.7 Å². The minimum atomic E-state index is -0.382. The Morgan fingerprint density at radius 2 is 1.93 bits per heavy atom. The number of hydrogen-bond acceptors (Lipinski definition) is 6. The molecule has 1 saturated heterocycles. The summed E-state index contributed by atoms with van der Waals surface area (Å²) in [6.45, 7) is 8.44. The lowest BCUT2D eigenvalue weighted by Crippen LogP contribution is -2.45. The summed E-state index contributed by atoms with van der Waals surface area (Å²) < 4.78 is 8.87. The van der Waals surface area contributed by atoms with Crippen molar-refractivity contribution in [2.24, 2.45) is 0 Å². The number of rotatable bonds is 3. The number of aromatic nitrogens is 3. The number of hydrogen-bond donors (Lipinski definition) is 1. The number of nitrogens with zero attached hydrogens (tertiary/aromatic N) is 4. The summed E-state index contributed by atoms with van der Waals surface area (Å²) in [4.78, 5) is 43.1. The smallest absolute Gasteiger partial charge is 0.407 e. The van der Waals surface area contributed by atoms with Crippen molar-refractivity contribution in [3.05, 3.63) is 39.0 Å². The molecule has 2 aliphatic rings. The van der Waals surface area contributed by atoms with Gasteiger partial charge in [-0.1, -0.05) is 0 Å². The second-order valence-corrected chi connectivity index (χ2v) is 8.89. The maximum atomic E-state index is 12.5. The highest BCUT2D eigenvalue weighted by Gasteiger charge is 2.30. The third kappa shape index (κ3) is 4.05. The lowest BCUT2D eigenvalue weighted by atomic mass is 10.1. The largest absolute Gasteiger partial charge is 0.446 e. The van der Waals surface area contributed by atoms with E-state index in [9.17, 15) is 14.4 Å². The molecule has 4 heterocycles. The first-order valence-corrected chi connectivity index (χ1v) is 10.0. The first-order chi connectivity index (χ1) is 13.7. The molecule has 2 aromatic heterocycles. The zero-order valence-corrected chi connectivity index (χ0v) is 17.1. The van der Waals surface area contributed by atoms with Crippen LogP contribution in [0.3, 0.4) is 0 Å². The van der Waals surface area contributed by atoms with E-state index in [1.54, 1.807) is 15.2 Å². The number of carbonyl (C=O) groups is 1. The van der Waals surface area contributed by atoms with Crippen LogP contribution in [0.15, 0.2) is 27.9 Å². The van der Waals surface area contributed by atoms with Gasteiger partial charge in [0.05, 0.1) is 12.2 Å². The maximum Gasteiger partial charge on any atom is 0.407 e. The van der Waals surface area contributed by atoms with Gasteiger partial charge < -0.3 is 15.0 Å². The van der Waals surface area contributed by atoms with Crippen molar-refractivity contribution in [3.8, 4) is 0 Å². The van der Waals surface area contributed by atoms with E-state index in [1.165, 1.54) is 12.3 Å². The predicted molar refractivity (Wildman–Crippen MR) is 108 cm³/mol. The lowest BCUT2D eigenvalue weighted by Gasteiger charge is -2.33. The highest BCUT2D eigenvalue weighted by atomic mass is 16.6. The number of pyridine rings is 1. The Kier molecular flexibility index (Phi) is 4.94. The molecule has 1 amide bonds. The van der Waals surface area contributed by atoms with Crippen LogP contribution in [0, 0.1) is 0 Å². The molecule has 0 aromatic carbocycles. The summed E-state index contributed by atoms with van der Waals surface area (Å²) in [7, 11) is 0. The number of piperidine rings is 1. The first kappa shape index (κ1) is 19.6. The van der Waals surface area contributed by atoms with Gasteiger partial charge in [0.15, 0.2) is 0 Å². The van der Waals surface area contributed by atoms with E-state index in [1.807, 2.05) is 20.8 Å².